The number of benzene rings is 3. The topological polar surface area (TPSA) is 149 Å². The van der Waals surface area contributed by atoms with Gasteiger partial charge in [0.2, 0.25) is 5.75 Å². The number of nitrogens with zero attached hydrogens (tertiary/aromatic N) is 2. The third-order valence-corrected chi connectivity index (χ3v) is 7.70. The lowest BCUT2D eigenvalue weighted by atomic mass is 9.87. The molecule has 0 aliphatic heterocycles. The van der Waals surface area contributed by atoms with Crippen LogP contribution in [-0.4, -0.2) is 62.1 Å². The summed E-state index contributed by atoms with van der Waals surface area (Å²) >= 11 is 0. The highest BCUT2D eigenvalue weighted by Crippen LogP contribution is 2.42. The van der Waals surface area contributed by atoms with Gasteiger partial charge < -0.3 is 29.2 Å². The van der Waals surface area contributed by atoms with Crippen molar-refractivity contribution in [1.29, 1.82) is 0 Å². The number of methoxy groups -OCH3 is 2. The lowest BCUT2D eigenvalue weighted by Crippen LogP contribution is -2.22. The van der Waals surface area contributed by atoms with E-state index in [1.165, 1.54) is 26.4 Å². The number of aromatic nitrogens is 2. The number of aliphatic hydroxyl groups is 2. The van der Waals surface area contributed by atoms with Gasteiger partial charge in [-0.25, -0.2) is 13.4 Å². The van der Waals surface area contributed by atoms with E-state index in [1.54, 1.807) is 60.7 Å². The monoisotopic (exact) mass is 609 g/mol. The maximum Gasteiger partial charge on any atom is 0.263 e. The van der Waals surface area contributed by atoms with Crippen molar-refractivity contribution in [2.75, 3.05) is 32.2 Å². The number of aliphatic hydroxyl groups excluding tert-OH is 2. The molecule has 4 aromatic rings. The molecule has 11 nitrogen and oxygen atoms in total. The van der Waals surface area contributed by atoms with Gasteiger partial charge in [0.05, 0.1) is 25.7 Å². The second-order valence-electron chi connectivity index (χ2n) is 10.5. The van der Waals surface area contributed by atoms with Gasteiger partial charge >= 0.3 is 0 Å². The lowest BCUT2D eigenvalue weighted by molar-refractivity contribution is 0.0513. The smallest absolute Gasteiger partial charge is 0.263 e. The minimum Gasteiger partial charge on any atom is -0.497 e. The SMILES string of the molecule is COc1ccc(-c2nc(NS(=O)(=O)c3ccc(C(C)(C)C)cc3)c(Oc3ccccc3OC)c(OC[C@H](O)CO)n2)cc1. The highest BCUT2D eigenvalue weighted by molar-refractivity contribution is 7.92. The van der Waals surface area contributed by atoms with Crippen LogP contribution in [0, 0.1) is 0 Å². The first kappa shape index (κ1) is 31.5. The van der Waals surface area contributed by atoms with Gasteiger partial charge in [-0.2, -0.15) is 4.98 Å². The summed E-state index contributed by atoms with van der Waals surface area (Å²) in [6.07, 6.45) is -1.24. The predicted molar refractivity (Wildman–Crippen MR) is 162 cm³/mol. The number of rotatable bonds is 12. The number of nitrogens with one attached hydrogen (secondary N) is 1. The third-order valence-electron chi connectivity index (χ3n) is 6.35. The lowest BCUT2D eigenvalue weighted by Gasteiger charge is -2.20. The molecule has 3 N–H and O–H groups in total. The number of anilines is 1. The molecule has 1 heterocycles. The van der Waals surface area contributed by atoms with Gasteiger partial charge in [0, 0.05) is 5.56 Å². The summed E-state index contributed by atoms with van der Waals surface area (Å²) in [6, 6.07) is 20.1. The van der Waals surface area contributed by atoms with Gasteiger partial charge in [-0.05, 0) is 59.5 Å². The van der Waals surface area contributed by atoms with E-state index < -0.39 is 22.7 Å². The van der Waals surface area contributed by atoms with Gasteiger partial charge in [0.1, 0.15) is 18.5 Å². The van der Waals surface area contributed by atoms with Crippen molar-refractivity contribution >= 4 is 15.8 Å². The molecule has 1 atom stereocenters. The van der Waals surface area contributed by atoms with E-state index in [9.17, 15) is 18.6 Å². The fourth-order valence-corrected chi connectivity index (χ4v) is 4.92. The van der Waals surface area contributed by atoms with E-state index in [2.05, 4.69) is 14.7 Å². The molecule has 3 aromatic carbocycles. The zero-order chi connectivity index (χ0) is 31.2. The summed E-state index contributed by atoms with van der Waals surface area (Å²) in [5, 5.41) is 19.4. The average molecular weight is 610 g/mol. The van der Waals surface area contributed by atoms with E-state index in [0.717, 1.165) is 5.56 Å². The molecular weight excluding hydrogens is 574 g/mol. The van der Waals surface area contributed by atoms with Crippen LogP contribution in [0.1, 0.15) is 26.3 Å². The number of hydrogen-bond donors (Lipinski definition) is 3. The first-order valence-corrected chi connectivity index (χ1v) is 14.9. The van der Waals surface area contributed by atoms with Gasteiger partial charge in [-0.3, -0.25) is 4.72 Å². The molecule has 12 heteroatoms. The number of sulfonamides is 1. The summed E-state index contributed by atoms with van der Waals surface area (Å²) in [5.74, 6) is 0.705. The van der Waals surface area contributed by atoms with E-state index >= 15 is 0 Å². The second-order valence-corrected chi connectivity index (χ2v) is 12.2. The van der Waals surface area contributed by atoms with Crippen LogP contribution in [0.25, 0.3) is 11.4 Å². The Morgan fingerprint density at radius 2 is 1.53 bits per heavy atom. The highest BCUT2D eigenvalue weighted by atomic mass is 32.2. The summed E-state index contributed by atoms with van der Waals surface area (Å²) in [4.78, 5) is 9.02. The number of ether oxygens (including phenoxy) is 4. The molecule has 1 aromatic heterocycles. The molecule has 43 heavy (non-hydrogen) atoms. The largest absolute Gasteiger partial charge is 0.497 e. The Morgan fingerprint density at radius 3 is 2.12 bits per heavy atom. The molecule has 0 unspecified atom stereocenters. The normalized spacial score (nSPS) is 12.3. The van der Waals surface area contributed by atoms with Crippen molar-refractivity contribution in [1.82, 2.24) is 9.97 Å². The summed E-state index contributed by atoms with van der Waals surface area (Å²) in [7, 11) is -1.18. The van der Waals surface area contributed by atoms with Crippen molar-refractivity contribution < 1.29 is 37.6 Å². The first-order valence-electron chi connectivity index (χ1n) is 13.4. The van der Waals surface area contributed by atoms with Crippen LogP contribution in [0.2, 0.25) is 0 Å². The van der Waals surface area contributed by atoms with Crippen molar-refractivity contribution in [2.45, 2.75) is 37.2 Å². The molecule has 0 amide bonds. The Kier molecular flexibility index (Phi) is 9.74. The minimum absolute atomic E-state index is 0.00604. The van der Waals surface area contributed by atoms with E-state index in [1.807, 2.05) is 20.8 Å². The van der Waals surface area contributed by atoms with Crippen LogP contribution in [0.5, 0.6) is 28.9 Å². The zero-order valence-corrected chi connectivity index (χ0v) is 25.4. The van der Waals surface area contributed by atoms with Crippen LogP contribution in [0.4, 0.5) is 5.82 Å². The van der Waals surface area contributed by atoms with Crippen molar-refractivity contribution in [3.8, 4) is 40.3 Å². The fourth-order valence-electron chi connectivity index (χ4n) is 3.92. The Hall–Kier alpha value is -4.39. The summed E-state index contributed by atoms with van der Waals surface area (Å²) < 4.78 is 52.4. The van der Waals surface area contributed by atoms with Gasteiger partial charge in [0.15, 0.2) is 23.1 Å². The second kappa shape index (κ2) is 13.3. The van der Waals surface area contributed by atoms with Crippen molar-refractivity contribution in [3.05, 3.63) is 78.4 Å². The van der Waals surface area contributed by atoms with Crippen molar-refractivity contribution in [3.63, 3.8) is 0 Å². The third kappa shape index (κ3) is 7.72. The predicted octanol–water partition coefficient (Wildman–Crippen LogP) is 4.78. The molecule has 0 saturated carbocycles. The van der Waals surface area contributed by atoms with E-state index in [4.69, 9.17) is 18.9 Å². The quantitative estimate of drug-likeness (QED) is 0.205. The molecule has 0 aliphatic rings. The van der Waals surface area contributed by atoms with Crippen molar-refractivity contribution in [2.24, 2.45) is 0 Å². The van der Waals surface area contributed by atoms with Crippen LogP contribution in [0.15, 0.2) is 77.7 Å². The van der Waals surface area contributed by atoms with Crippen LogP contribution in [-0.2, 0) is 15.4 Å². The average Bonchev–Trinajstić information content (AvgIpc) is 3.00. The zero-order valence-electron chi connectivity index (χ0n) is 24.6. The minimum atomic E-state index is -4.18. The van der Waals surface area contributed by atoms with E-state index in [-0.39, 0.29) is 45.9 Å². The Bertz CT molecular complexity index is 1640. The molecule has 0 saturated heterocycles. The molecule has 0 radical (unpaired) electrons. The van der Waals surface area contributed by atoms with Crippen LogP contribution >= 0.6 is 0 Å². The Labute approximate surface area is 251 Å². The van der Waals surface area contributed by atoms with Crippen LogP contribution < -0.4 is 23.7 Å². The van der Waals surface area contributed by atoms with E-state index in [0.29, 0.717) is 17.1 Å². The number of para-hydroxylation sites is 2. The standard InChI is InChI=1S/C31H35N3O8S/c1-31(2,3)21-12-16-24(17-13-21)43(37,38)34-29-27(42-26-9-7-6-8-25(26)40-5)30(41-19-22(36)18-35)33-28(32-29)20-10-14-23(39-4)15-11-20/h6-17,22,35-36H,18-19H2,1-5H3,(H,32,33,34)/t22-/m1/s1. The molecule has 0 fully saturated rings. The van der Waals surface area contributed by atoms with Crippen LogP contribution in [0.3, 0.4) is 0 Å². The maximum atomic E-state index is 13.7. The number of hydrogen-bond acceptors (Lipinski definition) is 10. The molecule has 228 valence electrons. The maximum absolute atomic E-state index is 13.7. The van der Waals surface area contributed by atoms with Gasteiger partial charge in [0.25, 0.3) is 15.9 Å². The fraction of sp³-hybridized carbons (Fsp3) is 0.290. The van der Waals surface area contributed by atoms with Gasteiger partial charge in [-0.15, -0.1) is 0 Å². The summed E-state index contributed by atoms with van der Waals surface area (Å²) in [6.45, 7) is 5.18. The summed E-state index contributed by atoms with van der Waals surface area (Å²) in [5.41, 5.74) is 1.32. The van der Waals surface area contributed by atoms with Gasteiger partial charge in [-0.1, -0.05) is 45.0 Å². The molecule has 0 spiro atoms. The highest BCUT2D eigenvalue weighted by Gasteiger charge is 2.26. The molecular formula is C31H35N3O8S. The first-order chi connectivity index (χ1) is 20.4. The Balaban J connectivity index is 1.87. The Morgan fingerprint density at radius 1 is 0.884 bits per heavy atom. The molecule has 0 bridgehead atoms. The molecule has 0 aliphatic carbocycles. The molecule has 4 rings (SSSR count).